The molecule has 2 N–H and O–H groups in total. The maximum atomic E-state index is 5.95. The molecule has 2 unspecified atom stereocenters. The molecule has 1 aromatic carbocycles. The number of hydrogen-bond acceptors (Lipinski definition) is 4. The molecule has 1 fully saturated rings. The van der Waals surface area contributed by atoms with Crippen molar-refractivity contribution in [3.05, 3.63) is 29.8 Å². The topological polar surface area (TPSA) is 41.7 Å². The quantitative estimate of drug-likeness (QED) is 0.878. The van der Waals surface area contributed by atoms with E-state index in [9.17, 15) is 0 Å². The summed E-state index contributed by atoms with van der Waals surface area (Å²) >= 11 is 0. The van der Waals surface area contributed by atoms with E-state index in [4.69, 9.17) is 10.5 Å². The third-order valence-electron chi connectivity index (χ3n) is 4.28. The summed E-state index contributed by atoms with van der Waals surface area (Å²) < 4.78 is 5.45. The molecule has 2 atom stereocenters. The Morgan fingerprint density at radius 2 is 2.10 bits per heavy atom. The molecule has 1 aliphatic rings. The Labute approximate surface area is 122 Å². The van der Waals surface area contributed by atoms with Gasteiger partial charge in [0.2, 0.25) is 0 Å². The van der Waals surface area contributed by atoms with Crippen LogP contribution in [0.5, 0.6) is 5.75 Å². The number of nitrogens with two attached hydrogens (primary N) is 1. The van der Waals surface area contributed by atoms with Crippen LogP contribution in [0.1, 0.15) is 12.5 Å². The van der Waals surface area contributed by atoms with E-state index >= 15 is 0 Å². The van der Waals surface area contributed by atoms with Crippen molar-refractivity contribution in [1.82, 2.24) is 9.80 Å². The number of hydrogen-bond donors (Lipinski definition) is 1. The molecule has 4 heteroatoms. The summed E-state index contributed by atoms with van der Waals surface area (Å²) in [7, 11) is 3.91. The van der Waals surface area contributed by atoms with Gasteiger partial charge in [-0.25, -0.2) is 0 Å². The highest BCUT2D eigenvalue weighted by Gasteiger charge is 2.28. The predicted molar refractivity (Wildman–Crippen MR) is 83.2 cm³/mol. The molecule has 4 nitrogen and oxygen atoms in total. The van der Waals surface area contributed by atoms with E-state index in [1.165, 1.54) is 5.56 Å². The smallest absolute Gasteiger partial charge is 0.122 e. The van der Waals surface area contributed by atoms with Crippen molar-refractivity contribution in [1.29, 1.82) is 0 Å². The predicted octanol–water partition coefficient (Wildman–Crippen LogP) is 1.20. The van der Waals surface area contributed by atoms with E-state index in [1.54, 1.807) is 7.11 Å². The monoisotopic (exact) mass is 277 g/mol. The van der Waals surface area contributed by atoms with Gasteiger partial charge in [0.15, 0.2) is 0 Å². The van der Waals surface area contributed by atoms with Crippen LogP contribution in [-0.4, -0.2) is 62.2 Å². The van der Waals surface area contributed by atoms with Gasteiger partial charge in [0.25, 0.3) is 0 Å². The van der Waals surface area contributed by atoms with Gasteiger partial charge in [0.1, 0.15) is 5.75 Å². The Morgan fingerprint density at radius 1 is 1.35 bits per heavy atom. The van der Waals surface area contributed by atoms with Gasteiger partial charge in [-0.15, -0.1) is 0 Å². The molecule has 0 aromatic heterocycles. The second-order valence-electron chi connectivity index (χ2n) is 5.75. The molecule has 0 aliphatic carbocycles. The maximum absolute atomic E-state index is 5.95. The first-order valence-corrected chi connectivity index (χ1v) is 7.42. The Kier molecular flexibility index (Phi) is 5.40. The van der Waals surface area contributed by atoms with Gasteiger partial charge in [0, 0.05) is 38.3 Å². The van der Waals surface area contributed by atoms with Crippen LogP contribution in [0.25, 0.3) is 0 Å². The van der Waals surface area contributed by atoms with Crippen molar-refractivity contribution < 1.29 is 4.74 Å². The molecule has 1 aliphatic heterocycles. The number of methoxy groups -OCH3 is 1. The largest absolute Gasteiger partial charge is 0.496 e. The lowest BCUT2D eigenvalue weighted by molar-refractivity contribution is 0.0623. The van der Waals surface area contributed by atoms with Gasteiger partial charge in [0.05, 0.1) is 7.11 Å². The number of likely N-dealkylation sites (N-methyl/N-ethyl adjacent to an activating group) is 1. The third kappa shape index (κ3) is 3.51. The highest BCUT2D eigenvalue weighted by Crippen LogP contribution is 2.22. The zero-order valence-corrected chi connectivity index (χ0v) is 12.9. The zero-order chi connectivity index (χ0) is 14.5. The fourth-order valence-corrected chi connectivity index (χ4v) is 3.12. The fraction of sp³-hybridized carbons (Fsp3) is 0.625. The van der Waals surface area contributed by atoms with Crippen LogP contribution in [0.4, 0.5) is 0 Å². The SMILES string of the molecule is COc1ccccc1CC(C)N1CCN(C)CC1CN. The highest BCUT2D eigenvalue weighted by atomic mass is 16.5. The van der Waals surface area contributed by atoms with Gasteiger partial charge in [-0.3, -0.25) is 4.90 Å². The van der Waals surface area contributed by atoms with Crippen molar-refractivity contribution in [3.63, 3.8) is 0 Å². The van der Waals surface area contributed by atoms with Crippen LogP contribution >= 0.6 is 0 Å². The zero-order valence-electron chi connectivity index (χ0n) is 12.9. The van der Waals surface area contributed by atoms with Gasteiger partial charge in [-0.1, -0.05) is 18.2 Å². The summed E-state index contributed by atoms with van der Waals surface area (Å²) in [6.45, 7) is 6.29. The van der Waals surface area contributed by atoms with E-state index in [0.717, 1.165) is 38.3 Å². The van der Waals surface area contributed by atoms with Crippen LogP contribution in [0, 0.1) is 0 Å². The van der Waals surface area contributed by atoms with Gasteiger partial charge >= 0.3 is 0 Å². The minimum absolute atomic E-state index is 0.457. The molecule has 0 radical (unpaired) electrons. The number of benzene rings is 1. The van der Waals surface area contributed by atoms with E-state index in [-0.39, 0.29) is 0 Å². The molecule has 0 bridgehead atoms. The average Bonchev–Trinajstić information content (AvgIpc) is 2.47. The Bertz CT molecular complexity index is 424. The Balaban J connectivity index is 2.05. The first kappa shape index (κ1) is 15.3. The second kappa shape index (κ2) is 7.07. The summed E-state index contributed by atoms with van der Waals surface area (Å²) in [6, 6.07) is 9.22. The lowest BCUT2D eigenvalue weighted by atomic mass is 10.0. The number of nitrogens with zero attached hydrogens (tertiary/aromatic N) is 2. The molecule has 0 spiro atoms. The summed E-state index contributed by atoms with van der Waals surface area (Å²) in [4.78, 5) is 4.91. The molecule has 2 rings (SSSR count). The molecular formula is C16H27N3O. The van der Waals surface area contributed by atoms with Crippen LogP contribution in [0.3, 0.4) is 0 Å². The first-order chi connectivity index (χ1) is 9.65. The summed E-state index contributed by atoms with van der Waals surface area (Å²) in [5.41, 5.74) is 7.23. The fourth-order valence-electron chi connectivity index (χ4n) is 3.12. The highest BCUT2D eigenvalue weighted by molar-refractivity contribution is 5.33. The minimum Gasteiger partial charge on any atom is -0.496 e. The molecule has 1 aromatic rings. The maximum Gasteiger partial charge on any atom is 0.122 e. The van der Waals surface area contributed by atoms with Gasteiger partial charge in [-0.2, -0.15) is 0 Å². The van der Waals surface area contributed by atoms with E-state index < -0.39 is 0 Å². The summed E-state index contributed by atoms with van der Waals surface area (Å²) in [5, 5.41) is 0. The van der Waals surface area contributed by atoms with Crippen molar-refractivity contribution >= 4 is 0 Å². The molecule has 0 saturated carbocycles. The molecule has 1 saturated heterocycles. The van der Waals surface area contributed by atoms with E-state index in [2.05, 4.69) is 35.9 Å². The number of rotatable bonds is 5. The lowest BCUT2D eigenvalue weighted by Crippen LogP contribution is -2.57. The molecule has 0 amide bonds. The standard InChI is InChI=1S/C16H27N3O/c1-13(10-14-6-4-5-7-16(14)20-3)19-9-8-18(2)12-15(19)11-17/h4-7,13,15H,8-12,17H2,1-3H3. The van der Waals surface area contributed by atoms with Crippen molar-refractivity contribution in [2.75, 3.05) is 40.3 Å². The average molecular weight is 277 g/mol. The molecule has 20 heavy (non-hydrogen) atoms. The van der Waals surface area contributed by atoms with Gasteiger partial charge in [-0.05, 0) is 32.0 Å². The normalized spacial score (nSPS) is 22.7. The lowest BCUT2D eigenvalue weighted by Gasteiger charge is -2.43. The van der Waals surface area contributed by atoms with E-state index in [1.807, 2.05) is 12.1 Å². The first-order valence-electron chi connectivity index (χ1n) is 7.42. The van der Waals surface area contributed by atoms with Crippen LogP contribution in [0.15, 0.2) is 24.3 Å². The Morgan fingerprint density at radius 3 is 2.80 bits per heavy atom. The minimum atomic E-state index is 0.457. The van der Waals surface area contributed by atoms with Crippen LogP contribution < -0.4 is 10.5 Å². The van der Waals surface area contributed by atoms with Crippen molar-refractivity contribution in [2.45, 2.75) is 25.4 Å². The number of ether oxygens (including phenoxy) is 1. The second-order valence-corrected chi connectivity index (χ2v) is 5.75. The number of para-hydroxylation sites is 1. The summed E-state index contributed by atoms with van der Waals surface area (Å²) in [6.07, 6.45) is 1.00. The molecule has 112 valence electrons. The molecule has 1 heterocycles. The van der Waals surface area contributed by atoms with Crippen LogP contribution in [-0.2, 0) is 6.42 Å². The van der Waals surface area contributed by atoms with Crippen molar-refractivity contribution in [3.8, 4) is 5.75 Å². The van der Waals surface area contributed by atoms with Gasteiger partial charge < -0.3 is 15.4 Å². The molecular weight excluding hydrogens is 250 g/mol. The third-order valence-corrected chi connectivity index (χ3v) is 4.28. The number of piperazine rings is 1. The summed E-state index contributed by atoms with van der Waals surface area (Å²) in [5.74, 6) is 0.984. The van der Waals surface area contributed by atoms with Crippen LogP contribution in [0.2, 0.25) is 0 Å². The van der Waals surface area contributed by atoms with E-state index in [0.29, 0.717) is 12.1 Å². The Hall–Kier alpha value is -1.10. The van der Waals surface area contributed by atoms with Crippen molar-refractivity contribution in [2.24, 2.45) is 5.73 Å².